The molecule has 0 bridgehead atoms. The molecule has 19 heavy (non-hydrogen) atoms. The first-order valence-corrected chi connectivity index (χ1v) is 7.25. The van der Waals surface area contributed by atoms with E-state index in [1.807, 2.05) is 24.3 Å². The molecular weight excluding hydrogens is 236 g/mol. The molecule has 0 aromatic heterocycles. The highest BCUT2D eigenvalue weighted by Gasteiger charge is 2.20. The van der Waals surface area contributed by atoms with Crippen LogP contribution in [0.25, 0.3) is 0 Å². The van der Waals surface area contributed by atoms with Gasteiger partial charge in [-0.2, -0.15) is 0 Å². The van der Waals surface area contributed by atoms with Crippen LogP contribution in [0.3, 0.4) is 0 Å². The first kappa shape index (κ1) is 14.1. The van der Waals surface area contributed by atoms with Crippen molar-refractivity contribution in [3.05, 3.63) is 35.4 Å². The molecule has 3 nitrogen and oxygen atoms in total. The van der Waals surface area contributed by atoms with Crippen LogP contribution in [0.2, 0.25) is 0 Å². The van der Waals surface area contributed by atoms with E-state index in [4.69, 9.17) is 0 Å². The summed E-state index contributed by atoms with van der Waals surface area (Å²) in [6.07, 6.45) is 5.50. The van der Waals surface area contributed by atoms with Crippen LogP contribution < -0.4 is 10.6 Å². The lowest BCUT2D eigenvalue weighted by molar-refractivity contribution is 0.0963. The maximum atomic E-state index is 11.4. The molecule has 1 saturated carbocycles. The Bertz CT molecular complexity index is 407. The lowest BCUT2D eigenvalue weighted by Gasteiger charge is -2.20. The molecule has 1 aliphatic rings. The molecule has 0 aliphatic heterocycles. The standard InChI is InChI=1S/C16H24N2O/c1-12(14-5-3-4-6-14)18-11-13-7-9-15(10-8-13)16(19)17-2/h7-10,12,14,18H,3-6,11H2,1-2H3,(H,17,19). The van der Waals surface area contributed by atoms with Gasteiger partial charge in [-0.15, -0.1) is 0 Å². The van der Waals surface area contributed by atoms with Crippen molar-refractivity contribution < 1.29 is 4.79 Å². The second-order valence-corrected chi connectivity index (χ2v) is 5.49. The molecule has 0 saturated heterocycles. The van der Waals surface area contributed by atoms with E-state index in [1.54, 1.807) is 7.05 Å². The van der Waals surface area contributed by atoms with E-state index in [2.05, 4.69) is 17.6 Å². The number of nitrogens with one attached hydrogen (secondary N) is 2. The average molecular weight is 260 g/mol. The lowest BCUT2D eigenvalue weighted by atomic mass is 9.99. The molecule has 0 heterocycles. The minimum atomic E-state index is -0.0289. The Hall–Kier alpha value is -1.35. The molecule has 1 amide bonds. The summed E-state index contributed by atoms with van der Waals surface area (Å²) >= 11 is 0. The molecular formula is C16H24N2O. The molecule has 1 unspecified atom stereocenters. The SMILES string of the molecule is CNC(=O)c1ccc(CNC(C)C2CCCC2)cc1. The number of hydrogen-bond acceptors (Lipinski definition) is 2. The van der Waals surface area contributed by atoms with Gasteiger partial charge in [0.05, 0.1) is 0 Å². The third kappa shape index (κ3) is 3.80. The normalized spacial score (nSPS) is 17.4. The number of amides is 1. The van der Waals surface area contributed by atoms with E-state index >= 15 is 0 Å². The highest BCUT2D eigenvalue weighted by atomic mass is 16.1. The van der Waals surface area contributed by atoms with Crippen molar-refractivity contribution in [2.24, 2.45) is 5.92 Å². The molecule has 2 rings (SSSR count). The summed E-state index contributed by atoms with van der Waals surface area (Å²) in [4.78, 5) is 11.4. The van der Waals surface area contributed by atoms with E-state index in [0.717, 1.165) is 18.0 Å². The Labute approximate surface area is 115 Å². The van der Waals surface area contributed by atoms with Crippen LogP contribution in [-0.4, -0.2) is 19.0 Å². The van der Waals surface area contributed by atoms with Gasteiger partial charge in [0, 0.05) is 25.2 Å². The number of carbonyl (C=O) groups excluding carboxylic acids is 1. The summed E-state index contributed by atoms with van der Waals surface area (Å²) in [5.74, 6) is 0.809. The minimum Gasteiger partial charge on any atom is -0.355 e. The smallest absolute Gasteiger partial charge is 0.251 e. The fraction of sp³-hybridized carbons (Fsp3) is 0.562. The van der Waals surface area contributed by atoms with Crippen LogP contribution in [0.4, 0.5) is 0 Å². The zero-order valence-electron chi connectivity index (χ0n) is 11.9. The van der Waals surface area contributed by atoms with E-state index in [-0.39, 0.29) is 5.91 Å². The fourth-order valence-electron chi connectivity index (χ4n) is 2.82. The average Bonchev–Trinajstić information content (AvgIpc) is 2.98. The summed E-state index contributed by atoms with van der Waals surface area (Å²) < 4.78 is 0. The number of hydrogen-bond donors (Lipinski definition) is 2. The van der Waals surface area contributed by atoms with Crippen molar-refractivity contribution in [1.29, 1.82) is 0 Å². The second-order valence-electron chi connectivity index (χ2n) is 5.49. The first-order valence-electron chi connectivity index (χ1n) is 7.25. The van der Waals surface area contributed by atoms with Gasteiger partial charge >= 0.3 is 0 Å². The van der Waals surface area contributed by atoms with E-state index in [9.17, 15) is 4.79 Å². The van der Waals surface area contributed by atoms with Gasteiger partial charge in [0.1, 0.15) is 0 Å². The third-order valence-corrected chi connectivity index (χ3v) is 4.18. The summed E-state index contributed by atoms with van der Waals surface area (Å²) in [6.45, 7) is 3.17. The van der Waals surface area contributed by atoms with E-state index in [1.165, 1.54) is 31.2 Å². The monoisotopic (exact) mass is 260 g/mol. The summed E-state index contributed by atoms with van der Waals surface area (Å²) in [5.41, 5.74) is 1.95. The summed E-state index contributed by atoms with van der Waals surface area (Å²) in [5, 5.41) is 6.24. The van der Waals surface area contributed by atoms with E-state index in [0.29, 0.717) is 6.04 Å². The Morgan fingerprint density at radius 1 is 1.26 bits per heavy atom. The van der Waals surface area contributed by atoms with Crippen LogP contribution in [-0.2, 0) is 6.54 Å². The zero-order chi connectivity index (χ0) is 13.7. The topological polar surface area (TPSA) is 41.1 Å². The van der Waals surface area contributed by atoms with Crippen LogP contribution in [0.15, 0.2) is 24.3 Å². The molecule has 0 spiro atoms. The Morgan fingerprint density at radius 3 is 2.47 bits per heavy atom. The lowest BCUT2D eigenvalue weighted by Crippen LogP contribution is -2.31. The van der Waals surface area contributed by atoms with Crippen molar-refractivity contribution in [3.63, 3.8) is 0 Å². The minimum absolute atomic E-state index is 0.0289. The van der Waals surface area contributed by atoms with Crippen molar-refractivity contribution in [1.82, 2.24) is 10.6 Å². The Kier molecular flexibility index (Phi) is 4.97. The highest BCUT2D eigenvalue weighted by molar-refractivity contribution is 5.93. The van der Waals surface area contributed by atoms with Crippen molar-refractivity contribution in [2.75, 3.05) is 7.05 Å². The van der Waals surface area contributed by atoms with Gasteiger partial charge in [-0.25, -0.2) is 0 Å². The highest BCUT2D eigenvalue weighted by Crippen LogP contribution is 2.27. The molecule has 1 aromatic rings. The molecule has 1 aromatic carbocycles. The van der Waals surface area contributed by atoms with Crippen LogP contribution in [0.1, 0.15) is 48.5 Å². The molecule has 0 radical (unpaired) electrons. The van der Waals surface area contributed by atoms with Gasteiger partial charge < -0.3 is 10.6 Å². The van der Waals surface area contributed by atoms with Gasteiger partial charge in [-0.1, -0.05) is 25.0 Å². The van der Waals surface area contributed by atoms with Crippen LogP contribution in [0, 0.1) is 5.92 Å². The van der Waals surface area contributed by atoms with Gasteiger partial charge in [-0.05, 0) is 43.4 Å². The zero-order valence-corrected chi connectivity index (χ0v) is 11.9. The second kappa shape index (κ2) is 6.71. The van der Waals surface area contributed by atoms with E-state index < -0.39 is 0 Å². The Morgan fingerprint density at radius 2 is 1.89 bits per heavy atom. The largest absolute Gasteiger partial charge is 0.355 e. The van der Waals surface area contributed by atoms with Crippen LogP contribution in [0.5, 0.6) is 0 Å². The third-order valence-electron chi connectivity index (χ3n) is 4.18. The maximum Gasteiger partial charge on any atom is 0.251 e. The first-order chi connectivity index (χ1) is 9.20. The molecule has 3 heteroatoms. The van der Waals surface area contributed by atoms with Gasteiger partial charge in [0.2, 0.25) is 0 Å². The quantitative estimate of drug-likeness (QED) is 0.854. The van der Waals surface area contributed by atoms with Gasteiger partial charge in [0.25, 0.3) is 5.91 Å². The van der Waals surface area contributed by atoms with Crippen molar-refractivity contribution in [2.45, 2.75) is 45.2 Å². The predicted octanol–water partition coefficient (Wildman–Crippen LogP) is 2.71. The Balaban J connectivity index is 1.84. The number of carbonyl (C=O) groups is 1. The van der Waals surface area contributed by atoms with Gasteiger partial charge in [-0.3, -0.25) is 4.79 Å². The summed E-state index contributed by atoms with van der Waals surface area (Å²) in [7, 11) is 1.65. The molecule has 104 valence electrons. The fourth-order valence-corrected chi connectivity index (χ4v) is 2.82. The number of rotatable bonds is 5. The molecule has 1 atom stereocenters. The maximum absolute atomic E-state index is 11.4. The predicted molar refractivity (Wildman–Crippen MR) is 78.1 cm³/mol. The molecule has 2 N–H and O–H groups in total. The van der Waals surface area contributed by atoms with Gasteiger partial charge in [0.15, 0.2) is 0 Å². The number of benzene rings is 1. The molecule has 1 fully saturated rings. The molecule has 1 aliphatic carbocycles. The van der Waals surface area contributed by atoms with Crippen molar-refractivity contribution >= 4 is 5.91 Å². The summed E-state index contributed by atoms with van der Waals surface area (Å²) in [6, 6.07) is 8.41. The van der Waals surface area contributed by atoms with Crippen LogP contribution >= 0.6 is 0 Å². The van der Waals surface area contributed by atoms with Crippen molar-refractivity contribution in [3.8, 4) is 0 Å².